The van der Waals surface area contributed by atoms with Crippen LogP contribution in [0.3, 0.4) is 0 Å². The zero-order chi connectivity index (χ0) is 14.7. The largest absolute Gasteiger partial charge is 0.486 e. The van der Waals surface area contributed by atoms with Crippen molar-refractivity contribution < 1.29 is 14.2 Å². The van der Waals surface area contributed by atoms with Crippen LogP contribution in [0.25, 0.3) is 0 Å². The Bertz CT molecular complexity index is 645. The van der Waals surface area contributed by atoms with Crippen LogP contribution in [0.4, 0.5) is 5.69 Å². The van der Waals surface area contributed by atoms with Crippen LogP contribution in [0.5, 0.6) is 11.5 Å². The molecule has 0 spiro atoms. The van der Waals surface area contributed by atoms with Crippen LogP contribution in [-0.4, -0.2) is 13.2 Å². The van der Waals surface area contributed by atoms with Crippen LogP contribution in [-0.2, 0) is 18.0 Å². The molecule has 0 amide bonds. The summed E-state index contributed by atoms with van der Waals surface area (Å²) in [7, 11) is 0. The first-order chi connectivity index (χ1) is 10.2. The molecule has 0 radical (unpaired) electrons. The van der Waals surface area contributed by atoms with E-state index >= 15 is 0 Å². The van der Waals surface area contributed by atoms with Crippen LogP contribution >= 0.6 is 15.9 Å². The van der Waals surface area contributed by atoms with Gasteiger partial charge in [-0.1, -0.05) is 28.1 Å². The number of nitrogen functional groups attached to an aromatic ring is 1. The highest BCUT2D eigenvalue weighted by molar-refractivity contribution is 9.10. The van der Waals surface area contributed by atoms with Gasteiger partial charge in [-0.3, -0.25) is 0 Å². The lowest BCUT2D eigenvalue weighted by atomic mass is 10.1. The smallest absolute Gasteiger partial charge is 0.163 e. The first kappa shape index (κ1) is 14.2. The highest BCUT2D eigenvalue weighted by Gasteiger charge is 2.14. The highest BCUT2D eigenvalue weighted by atomic mass is 79.9. The molecule has 4 nitrogen and oxygen atoms in total. The number of benzene rings is 2. The number of hydrogen-bond acceptors (Lipinski definition) is 4. The summed E-state index contributed by atoms with van der Waals surface area (Å²) in [4.78, 5) is 0. The minimum atomic E-state index is 0.439. The minimum absolute atomic E-state index is 0.439. The Morgan fingerprint density at radius 3 is 2.57 bits per heavy atom. The molecular formula is C16H16BrNO3. The van der Waals surface area contributed by atoms with Gasteiger partial charge in [0.25, 0.3) is 0 Å². The summed E-state index contributed by atoms with van der Waals surface area (Å²) in [6.45, 7) is 2.10. The second kappa shape index (κ2) is 6.37. The third kappa shape index (κ3) is 3.49. The molecule has 0 fully saturated rings. The molecule has 0 saturated heterocycles. The van der Waals surface area contributed by atoms with E-state index in [9.17, 15) is 0 Å². The number of anilines is 1. The summed E-state index contributed by atoms with van der Waals surface area (Å²) >= 11 is 3.45. The van der Waals surface area contributed by atoms with Crippen LogP contribution in [0, 0.1) is 0 Å². The van der Waals surface area contributed by atoms with E-state index in [-0.39, 0.29) is 0 Å². The topological polar surface area (TPSA) is 53.7 Å². The Hall–Kier alpha value is -1.72. The first-order valence-corrected chi connectivity index (χ1v) is 7.52. The molecule has 0 atom stereocenters. The van der Waals surface area contributed by atoms with Gasteiger partial charge in [0.05, 0.1) is 13.2 Å². The molecule has 2 aromatic carbocycles. The number of rotatable bonds is 4. The van der Waals surface area contributed by atoms with Gasteiger partial charge in [-0.05, 0) is 23.8 Å². The Kier molecular flexibility index (Phi) is 4.31. The van der Waals surface area contributed by atoms with E-state index in [1.54, 1.807) is 6.07 Å². The molecule has 21 heavy (non-hydrogen) atoms. The maximum Gasteiger partial charge on any atom is 0.163 e. The number of nitrogens with two attached hydrogens (primary N) is 1. The average Bonchev–Trinajstić information content (AvgIpc) is 2.48. The van der Waals surface area contributed by atoms with E-state index in [0.29, 0.717) is 37.9 Å². The number of fused-ring (bicyclic) bond motifs is 1. The number of hydrogen-bond donors (Lipinski definition) is 1. The Morgan fingerprint density at radius 2 is 1.81 bits per heavy atom. The van der Waals surface area contributed by atoms with E-state index in [1.165, 1.54) is 0 Å². The van der Waals surface area contributed by atoms with Crippen molar-refractivity contribution in [2.24, 2.45) is 0 Å². The van der Waals surface area contributed by atoms with Gasteiger partial charge in [0, 0.05) is 21.8 Å². The fourth-order valence-corrected chi connectivity index (χ4v) is 2.62. The van der Waals surface area contributed by atoms with Crippen molar-refractivity contribution >= 4 is 21.6 Å². The lowest BCUT2D eigenvalue weighted by molar-refractivity contribution is 0.107. The predicted molar refractivity (Wildman–Crippen MR) is 84.5 cm³/mol. The third-order valence-electron chi connectivity index (χ3n) is 3.22. The van der Waals surface area contributed by atoms with E-state index < -0.39 is 0 Å². The van der Waals surface area contributed by atoms with Crippen molar-refractivity contribution in [3.05, 3.63) is 52.0 Å². The molecule has 1 aliphatic rings. The lowest BCUT2D eigenvalue weighted by Crippen LogP contribution is -2.16. The molecule has 5 heteroatoms. The van der Waals surface area contributed by atoms with E-state index in [0.717, 1.165) is 21.3 Å². The SMILES string of the molecule is Nc1cc2c(cc1COCc1cccc(Br)c1)OCCO2. The summed E-state index contributed by atoms with van der Waals surface area (Å²) in [6.07, 6.45) is 0. The van der Waals surface area contributed by atoms with E-state index in [4.69, 9.17) is 19.9 Å². The van der Waals surface area contributed by atoms with Gasteiger partial charge in [-0.2, -0.15) is 0 Å². The van der Waals surface area contributed by atoms with Gasteiger partial charge in [0.2, 0.25) is 0 Å². The fourth-order valence-electron chi connectivity index (χ4n) is 2.18. The van der Waals surface area contributed by atoms with Gasteiger partial charge < -0.3 is 19.9 Å². The van der Waals surface area contributed by atoms with Crippen molar-refractivity contribution in [2.75, 3.05) is 18.9 Å². The fraction of sp³-hybridized carbons (Fsp3) is 0.250. The third-order valence-corrected chi connectivity index (χ3v) is 3.71. The molecule has 0 saturated carbocycles. The van der Waals surface area contributed by atoms with Crippen molar-refractivity contribution in [3.8, 4) is 11.5 Å². The Balaban J connectivity index is 1.65. The first-order valence-electron chi connectivity index (χ1n) is 6.72. The predicted octanol–water partition coefficient (Wildman–Crippen LogP) is 3.52. The summed E-state index contributed by atoms with van der Waals surface area (Å²) < 4.78 is 17.8. The highest BCUT2D eigenvalue weighted by Crippen LogP contribution is 2.34. The second-order valence-electron chi connectivity index (χ2n) is 4.82. The molecule has 0 aromatic heterocycles. The molecule has 2 aromatic rings. The minimum Gasteiger partial charge on any atom is -0.486 e. The van der Waals surface area contributed by atoms with Gasteiger partial charge in [-0.15, -0.1) is 0 Å². The van der Waals surface area contributed by atoms with Crippen LogP contribution in [0.2, 0.25) is 0 Å². The van der Waals surface area contributed by atoms with Crippen molar-refractivity contribution in [1.82, 2.24) is 0 Å². The molecule has 3 rings (SSSR count). The normalized spacial score (nSPS) is 13.2. The molecule has 2 N–H and O–H groups in total. The number of ether oxygens (including phenoxy) is 3. The zero-order valence-electron chi connectivity index (χ0n) is 11.5. The summed E-state index contributed by atoms with van der Waals surface area (Å²) in [5.74, 6) is 1.44. The molecule has 110 valence electrons. The molecule has 0 unspecified atom stereocenters. The van der Waals surface area contributed by atoms with Crippen LogP contribution in [0.15, 0.2) is 40.9 Å². The Morgan fingerprint density at radius 1 is 1.05 bits per heavy atom. The molecule has 1 heterocycles. The maximum absolute atomic E-state index is 6.03. The van der Waals surface area contributed by atoms with Crippen molar-refractivity contribution in [3.63, 3.8) is 0 Å². The summed E-state index contributed by atoms with van der Waals surface area (Å²) in [5.41, 5.74) is 8.71. The quantitative estimate of drug-likeness (QED) is 0.858. The lowest BCUT2D eigenvalue weighted by Gasteiger charge is -2.20. The second-order valence-corrected chi connectivity index (χ2v) is 5.73. The Labute approximate surface area is 131 Å². The monoisotopic (exact) mass is 349 g/mol. The van der Waals surface area contributed by atoms with Crippen LogP contribution in [0.1, 0.15) is 11.1 Å². The molecule has 1 aliphatic heterocycles. The van der Waals surface area contributed by atoms with Gasteiger partial charge in [0.1, 0.15) is 13.2 Å². The van der Waals surface area contributed by atoms with Crippen molar-refractivity contribution in [2.45, 2.75) is 13.2 Å². The van der Waals surface area contributed by atoms with Gasteiger partial charge >= 0.3 is 0 Å². The standard InChI is InChI=1S/C16H16BrNO3/c17-13-3-1-2-11(6-13)9-19-10-12-7-15-16(8-14(12)18)21-5-4-20-15/h1-3,6-8H,4-5,9-10,18H2. The summed E-state index contributed by atoms with van der Waals surface area (Å²) in [6, 6.07) is 11.7. The van der Waals surface area contributed by atoms with E-state index in [2.05, 4.69) is 15.9 Å². The molecule has 0 bridgehead atoms. The maximum atomic E-state index is 6.03. The summed E-state index contributed by atoms with van der Waals surface area (Å²) in [5, 5.41) is 0. The van der Waals surface area contributed by atoms with Crippen molar-refractivity contribution in [1.29, 1.82) is 0 Å². The molecule has 0 aliphatic carbocycles. The zero-order valence-corrected chi connectivity index (χ0v) is 13.1. The van der Waals surface area contributed by atoms with E-state index in [1.807, 2.05) is 30.3 Å². The number of halogens is 1. The molecular weight excluding hydrogens is 334 g/mol. The van der Waals surface area contributed by atoms with Gasteiger partial charge in [0.15, 0.2) is 11.5 Å². The van der Waals surface area contributed by atoms with Gasteiger partial charge in [-0.25, -0.2) is 0 Å². The average molecular weight is 350 g/mol. The van der Waals surface area contributed by atoms with Crippen LogP contribution < -0.4 is 15.2 Å².